The number of amides is 1. The fraction of sp³-hybridized carbons (Fsp3) is 0.261. The van der Waals surface area contributed by atoms with E-state index in [1.165, 1.54) is 16.2 Å². The lowest BCUT2D eigenvalue weighted by Crippen LogP contribution is -2.38. The van der Waals surface area contributed by atoms with Gasteiger partial charge in [0.05, 0.1) is 0 Å². The Kier molecular flexibility index (Phi) is 6.83. The lowest BCUT2D eigenvalue weighted by atomic mass is 10.1. The Bertz CT molecular complexity index is 1050. The summed E-state index contributed by atoms with van der Waals surface area (Å²) in [4.78, 5) is 29.6. The minimum atomic E-state index is -0.264. The van der Waals surface area contributed by atoms with Crippen LogP contribution < -0.4 is 10.9 Å². The second kappa shape index (κ2) is 9.52. The summed E-state index contributed by atoms with van der Waals surface area (Å²) in [6.07, 6.45) is 1.69. The van der Waals surface area contributed by atoms with Gasteiger partial charge in [0.25, 0.3) is 5.56 Å². The minimum Gasteiger partial charge on any atom is -0.352 e. The number of benzene rings is 2. The van der Waals surface area contributed by atoms with Crippen molar-refractivity contribution in [2.24, 2.45) is 0 Å². The third-order valence-corrected chi connectivity index (χ3v) is 4.87. The molecule has 0 aliphatic carbocycles. The second-order valence-corrected chi connectivity index (χ2v) is 7.59. The number of rotatable bonds is 7. The fourth-order valence-corrected chi connectivity index (χ4v) is 3.38. The Labute approximate surface area is 175 Å². The van der Waals surface area contributed by atoms with Gasteiger partial charge in [0.1, 0.15) is 12.4 Å². The van der Waals surface area contributed by atoms with E-state index >= 15 is 0 Å². The molecule has 1 unspecified atom stereocenters. The quantitative estimate of drug-likeness (QED) is 0.641. The predicted molar refractivity (Wildman–Crippen MR) is 116 cm³/mol. The third-order valence-electron chi connectivity index (χ3n) is 4.64. The van der Waals surface area contributed by atoms with Gasteiger partial charge in [-0.05, 0) is 44.4 Å². The molecule has 0 saturated heterocycles. The van der Waals surface area contributed by atoms with Crippen LogP contribution in [0.3, 0.4) is 0 Å². The van der Waals surface area contributed by atoms with E-state index in [1.807, 2.05) is 31.2 Å². The normalized spacial score (nSPS) is 11.8. The van der Waals surface area contributed by atoms with E-state index < -0.39 is 0 Å². The van der Waals surface area contributed by atoms with E-state index in [0.29, 0.717) is 22.1 Å². The first-order chi connectivity index (χ1) is 13.9. The van der Waals surface area contributed by atoms with Gasteiger partial charge in [-0.15, -0.1) is 0 Å². The lowest BCUT2D eigenvalue weighted by Gasteiger charge is -2.16. The molecule has 29 heavy (non-hydrogen) atoms. The summed E-state index contributed by atoms with van der Waals surface area (Å²) in [6.45, 7) is 3.63. The van der Waals surface area contributed by atoms with Crippen LogP contribution in [0, 0.1) is 6.92 Å². The number of aryl methyl sites for hydroxylation is 2. The zero-order chi connectivity index (χ0) is 20.8. The standard InChI is InChI=1S/C23H24ClN3O2/c1-16(11-12-18-7-4-3-5-8-18)25-21(28)15-27-22(29)13-17(2)26-23(27)19-9-6-10-20(24)14-19/h3-10,13-14,16H,11-12,15H2,1-2H3,(H,25,28). The highest BCUT2D eigenvalue weighted by molar-refractivity contribution is 6.30. The lowest BCUT2D eigenvalue weighted by molar-refractivity contribution is -0.122. The van der Waals surface area contributed by atoms with Crippen LogP contribution in [0.5, 0.6) is 0 Å². The number of nitrogens with one attached hydrogen (secondary N) is 1. The summed E-state index contributed by atoms with van der Waals surface area (Å²) in [5.74, 6) is 0.214. The van der Waals surface area contributed by atoms with E-state index in [1.54, 1.807) is 25.1 Å². The average molecular weight is 410 g/mol. The van der Waals surface area contributed by atoms with Gasteiger partial charge in [0.15, 0.2) is 0 Å². The Morgan fingerprint density at radius 3 is 2.62 bits per heavy atom. The summed E-state index contributed by atoms with van der Waals surface area (Å²) in [7, 11) is 0. The predicted octanol–water partition coefficient (Wildman–Crippen LogP) is 4.01. The molecule has 0 saturated carbocycles. The molecule has 3 rings (SSSR count). The van der Waals surface area contributed by atoms with Crippen LogP contribution in [0.1, 0.15) is 24.6 Å². The van der Waals surface area contributed by atoms with Gasteiger partial charge < -0.3 is 5.32 Å². The highest BCUT2D eigenvalue weighted by atomic mass is 35.5. The van der Waals surface area contributed by atoms with Gasteiger partial charge >= 0.3 is 0 Å². The van der Waals surface area contributed by atoms with Crippen molar-refractivity contribution in [1.82, 2.24) is 14.9 Å². The summed E-state index contributed by atoms with van der Waals surface area (Å²) in [5, 5.41) is 3.52. The minimum absolute atomic E-state index is 0.00793. The van der Waals surface area contributed by atoms with E-state index in [9.17, 15) is 9.59 Å². The van der Waals surface area contributed by atoms with Gasteiger partial charge in [-0.3, -0.25) is 14.2 Å². The SMILES string of the molecule is Cc1cc(=O)n(CC(=O)NC(C)CCc2ccccc2)c(-c2cccc(Cl)c2)n1. The van der Waals surface area contributed by atoms with Gasteiger partial charge in [-0.2, -0.15) is 0 Å². The first-order valence-electron chi connectivity index (χ1n) is 9.60. The summed E-state index contributed by atoms with van der Waals surface area (Å²) in [6, 6.07) is 18.7. The van der Waals surface area contributed by atoms with Crippen molar-refractivity contribution < 1.29 is 4.79 Å². The smallest absolute Gasteiger partial charge is 0.254 e. The maximum Gasteiger partial charge on any atom is 0.254 e. The Hall–Kier alpha value is -2.92. The van der Waals surface area contributed by atoms with Crippen LogP contribution in [-0.2, 0) is 17.8 Å². The van der Waals surface area contributed by atoms with Crippen molar-refractivity contribution in [1.29, 1.82) is 0 Å². The van der Waals surface area contributed by atoms with Crippen molar-refractivity contribution in [3.05, 3.63) is 87.3 Å². The molecule has 1 heterocycles. The van der Waals surface area contributed by atoms with Crippen LogP contribution in [0.15, 0.2) is 65.5 Å². The second-order valence-electron chi connectivity index (χ2n) is 7.15. The summed E-state index contributed by atoms with van der Waals surface area (Å²) < 4.78 is 1.39. The average Bonchev–Trinajstić information content (AvgIpc) is 2.69. The molecular formula is C23H24ClN3O2. The third kappa shape index (κ3) is 5.78. The zero-order valence-corrected chi connectivity index (χ0v) is 17.3. The maximum absolute atomic E-state index is 12.6. The molecule has 0 radical (unpaired) electrons. The number of carbonyl (C=O) groups excluding carboxylic acids is 1. The Balaban J connectivity index is 1.72. The fourth-order valence-electron chi connectivity index (χ4n) is 3.19. The van der Waals surface area contributed by atoms with Crippen molar-refractivity contribution in [3.8, 4) is 11.4 Å². The van der Waals surface area contributed by atoms with Crippen LogP contribution >= 0.6 is 11.6 Å². The van der Waals surface area contributed by atoms with E-state index in [0.717, 1.165) is 12.8 Å². The molecule has 0 bridgehead atoms. The van der Waals surface area contributed by atoms with Crippen molar-refractivity contribution in [2.75, 3.05) is 0 Å². The molecule has 0 aliphatic rings. The van der Waals surface area contributed by atoms with Crippen LogP contribution in [0.25, 0.3) is 11.4 Å². The monoisotopic (exact) mass is 409 g/mol. The number of carbonyl (C=O) groups is 1. The number of hydrogen-bond acceptors (Lipinski definition) is 3. The van der Waals surface area contributed by atoms with Crippen LogP contribution in [-0.4, -0.2) is 21.5 Å². The molecule has 0 fully saturated rings. The molecule has 0 spiro atoms. The molecule has 1 N–H and O–H groups in total. The molecule has 6 heteroatoms. The maximum atomic E-state index is 12.6. The first-order valence-corrected chi connectivity index (χ1v) is 9.98. The van der Waals surface area contributed by atoms with E-state index in [-0.39, 0.29) is 24.1 Å². The highest BCUT2D eigenvalue weighted by Gasteiger charge is 2.15. The van der Waals surface area contributed by atoms with Gasteiger partial charge in [-0.1, -0.05) is 54.1 Å². The molecule has 2 aromatic carbocycles. The largest absolute Gasteiger partial charge is 0.352 e. The molecule has 0 aliphatic heterocycles. The van der Waals surface area contributed by atoms with E-state index in [2.05, 4.69) is 22.4 Å². The molecule has 3 aromatic rings. The molecule has 1 atom stereocenters. The zero-order valence-electron chi connectivity index (χ0n) is 16.6. The van der Waals surface area contributed by atoms with E-state index in [4.69, 9.17) is 11.6 Å². The number of hydrogen-bond donors (Lipinski definition) is 1. The van der Waals surface area contributed by atoms with Gasteiger partial charge in [0.2, 0.25) is 5.91 Å². The van der Waals surface area contributed by atoms with Crippen molar-refractivity contribution in [2.45, 2.75) is 39.3 Å². The van der Waals surface area contributed by atoms with Crippen molar-refractivity contribution >= 4 is 17.5 Å². The van der Waals surface area contributed by atoms with Gasteiger partial charge in [0, 0.05) is 28.4 Å². The number of nitrogens with zero attached hydrogens (tertiary/aromatic N) is 2. The Morgan fingerprint density at radius 1 is 1.14 bits per heavy atom. The van der Waals surface area contributed by atoms with Crippen LogP contribution in [0.4, 0.5) is 0 Å². The highest BCUT2D eigenvalue weighted by Crippen LogP contribution is 2.20. The molecule has 5 nitrogen and oxygen atoms in total. The molecule has 150 valence electrons. The van der Waals surface area contributed by atoms with Crippen LogP contribution in [0.2, 0.25) is 5.02 Å². The van der Waals surface area contributed by atoms with Crippen molar-refractivity contribution in [3.63, 3.8) is 0 Å². The number of halogens is 1. The first kappa shape index (κ1) is 20.8. The molecule has 1 amide bonds. The summed E-state index contributed by atoms with van der Waals surface area (Å²) >= 11 is 6.09. The summed E-state index contributed by atoms with van der Waals surface area (Å²) in [5.41, 5.74) is 2.26. The number of aromatic nitrogens is 2. The molecule has 1 aromatic heterocycles. The Morgan fingerprint density at radius 2 is 1.90 bits per heavy atom. The molecular weight excluding hydrogens is 386 g/mol. The van der Waals surface area contributed by atoms with Gasteiger partial charge in [-0.25, -0.2) is 4.98 Å². The topological polar surface area (TPSA) is 64.0 Å².